The van der Waals surface area contributed by atoms with E-state index in [0.29, 0.717) is 47.2 Å². The molecule has 0 unspecified atom stereocenters. The van der Waals surface area contributed by atoms with Gasteiger partial charge >= 0.3 is 0 Å². The Hall–Kier alpha value is -3.46. The summed E-state index contributed by atoms with van der Waals surface area (Å²) in [5, 5.41) is 0. The number of ether oxygens (including phenoxy) is 4. The van der Waals surface area contributed by atoms with Crippen molar-refractivity contribution in [3.63, 3.8) is 0 Å². The fraction of sp³-hybridized carbons (Fsp3) is 0.481. The van der Waals surface area contributed by atoms with Gasteiger partial charge in [-0.1, -0.05) is 13.0 Å². The van der Waals surface area contributed by atoms with Gasteiger partial charge in [0.25, 0.3) is 5.91 Å². The molecular formula is C27H35N3O6. The number of carbonyl (C=O) groups excluding carboxylic acids is 2. The summed E-state index contributed by atoms with van der Waals surface area (Å²) in [5.41, 5.74) is 1.87. The van der Waals surface area contributed by atoms with E-state index in [1.807, 2.05) is 17.0 Å². The maximum Gasteiger partial charge on any atom is 0.254 e. The monoisotopic (exact) mass is 497 g/mol. The Bertz CT molecular complexity index is 1130. The number of rotatable bonds is 7. The average molecular weight is 498 g/mol. The van der Waals surface area contributed by atoms with Gasteiger partial charge in [0.15, 0.2) is 23.0 Å². The fourth-order valence-corrected chi connectivity index (χ4v) is 5.25. The standard InChI is InChI=1S/C27H35N3O6/c1-7-29-10-12-30(13-11-29)27(32)24-18-15-22(35-5)23(36-6)16-19(18)26(31)28(2)25(24)17-8-9-20(33-3)21(14-17)34-4/h8-9,14-16,24-25H,7,10-13H2,1-6H3/t24-,25-/m0/s1. The summed E-state index contributed by atoms with van der Waals surface area (Å²) in [6.07, 6.45) is 0. The van der Waals surface area contributed by atoms with Gasteiger partial charge in [0, 0.05) is 38.8 Å². The van der Waals surface area contributed by atoms with Crippen molar-refractivity contribution in [2.24, 2.45) is 0 Å². The van der Waals surface area contributed by atoms with Crippen LogP contribution in [0.5, 0.6) is 23.0 Å². The number of amides is 2. The van der Waals surface area contributed by atoms with Crippen LogP contribution in [0.15, 0.2) is 30.3 Å². The third-order valence-electron chi connectivity index (χ3n) is 7.32. The molecule has 2 aromatic rings. The number of methoxy groups -OCH3 is 4. The largest absolute Gasteiger partial charge is 0.493 e. The molecule has 4 rings (SSSR count). The zero-order valence-electron chi connectivity index (χ0n) is 21.9. The number of likely N-dealkylation sites (N-methyl/N-ethyl adjacent to an activating group) is 2. The van der Waals surface area contributed by atoms with E-state index < -0.39 is 12.0 Å². The van der Waals surface area contributed by atoms with Crippen molar-refractivity contribution < 1.29 is 28.5 Å². The lowest BCUT2D eigenvalue weighted by atomic mass is 9.78. The van der Waals surface area contributed by atoms with Crippen LogP contribution in [0.3, 0.4) is 0 Å². The van der Waals surface area contributed by atoms with Crippen LogP contribution in [0.4, 0.5) is 0 Å². The number of benzene rings is 2. The van der Waals surface area contributed by atoms with Gasteiger partial charge in [-0.05, 0) is 41.9 Å². The number of carbonyl (C=O) groups is 2. The average Bonchev–Trinajstić information content (AvgIpc) is 2.93. The second kappa shape index (κ2) is 10.7. The number of nitrogens with zero attached hydrogens (tertiary/aromatic N) is 3. The van der Waals surface area contributed by atoms with Gasteiger partial charge in [0.2, 0.25) is 5.91 Å². The predicted octanol–water partition coefficient (Wildman–Crippen LogP) is 2.80. The van der Waals surface area contributed by atoms with Gasteiger partial charge in [-0.25, -0.2) is 0 Å². The molecule has 2 atom stereocenters. The first-order valence-corrected chi connectivity index (χ1v) is 12.1. The van der Waals surface area contributed by atoms with Crippen LogP contribution in [0, 0.1) is 0 Å². The molecule has 1 saturated heterocycles. The quantitative estimate of drug-likeness (QED) is 0.582. The van der Waals surface area contributed by atoms with Crippen LogP contribution in [0.2, 0.25) is 0 Å². The molecule has 2 amide bonds. The Morgan fingerprint density at radius 2 is 1.44 bits per heavy atom. The van der Waals surface area contributed by atoms with Crippen LogP contribution >= 0.6 is 0 Å². The molecule has 0 aliphatic carbocycles. The van der Waals surface area contributed by atoms with E-state index in [9.17, 15) is 9.59 Å². The molecule has 36 heavy (non-hydrogen) atoms. The van der Waals surface area contributed by atoms with E-state index in [4.69, 9.17) is 18.9 Å². The van der Waals surface area contributed by atoms with E-state index in [-0.39, 0.29) is 11.8 Å². The SMILES string of the molecule is CCN1CCN(C(=O)[C@H]2c3cc(OC)c(OC)cc3C(=O)N(C)[C@H]2c2ccc(OC)c(OC)c2)CC1. The molecule has 2 aliphatic rings. The van der Waals surface area contributed by atoms with E-state index in [0.717, 1.165) is 25.2 Å². The van der Waals surface area contributed by atoms with Crippen molar-refractivity contribution in [2.75, 3.05) is 68.2 Å². The van der Waals surface area contributed by atoms with Crippen LogP contribution in [-0.4, -0.2) is 94.7 Å². The van der Waals surface area contributed by atoms with Gasteiger partial charge in [0.1, 0.15) is 0 Å². The van der Waals surface area contributed by atoms with Gasteiger partial charge < -0.3 is 33.6 Å². The van der Waals surface area contributed by atoms with E-state index in [1.165, 1.54) is 7.11 Å². The fourth-order valence-electron chi connectivity index (χ4n) is 5.25. The third kappa shape index (κ3) is 4.43. The molecule has 9 heteroatoms. The van der Waals surface area contributed by atoms with Gasteiger partial charge in [-0.2, -0.15) is 0 Å². The van der Waals surface area contributed by atoms with Crippen molar-refractivity contribution in [1.29, 1.82) is 0 Å². The molecule has 1 fully saturated rings. The summed E-state index contributed by atoms with van der Waals surface area (Å²) in [4.78, 5) is 33.7. The van der Waals surface area contributed by atoms with Crippen molar-refractivity contribution in [3.05, 3.63) is 47.0 Å². The molecule has 2 aliphatic heterocycles. The summed E-state index contributed by atoms with van der Waals surface area (Å²) in [5.74, 6) is 1.21. The van der Waals surface area contributed by atoms with Crippen molar-refractivity contribution in [1.82, 2.24) is 14.7 Å². The summed E-state index contributed by atoms with van der Waals surface area (Å²) < 4.78 is 22.0. The molecule has 194 valence electrons. The summed E-state index contributed by atoms with van der Waals surface area (Å²) in [6, 6.07) is 8.44. The van der Waals surface area contributed by atoms with Crippen LogP contribution in [0.25, 0.3) is 0 Å². The molecule has 9 nitrogen and oxygen atoms in total. The van der Waals surface area contributed by atoms with E-state index >= 15 is 0 Å². The maximum absolute atomic E-state index is 14.2. The number of piperazine rings is 1. The highest BCUT2D eigenvalue weighted by Gasteiger charge is 2.45. The van der Waals surface area contributed by atoms with Crippen LogP contribution in [-0.2, 0) is 4.79 Å². The topological polar surface area (TPSA) is 80.8 Å². The highest BCUT2D eigenvalue weighted by atomic mass is 16.5. The Morgan fingerprint density at radius 1 is 0.861 bits per heavy atom. The molecule has 0 bridgehead atoms. The van der Waals surface area contributed by atoms with Gasteiger partial charge in [-0.15, -0.1) is 0 Å². The Morgan fingerprint density at radius 3 is 2.03 bits per heavy atom. The Balaban J connectivity index is 1.86. The first-order valence-electron chi connectivity index (χ1n) is 12.1. The number of fused-ring (bicyclic) bond motifs is 1. The van der Waals surface area contributed by atoms with Crippen molar-refractivity contribution in [3.8, 4) is 23.0 Å². The molecule has 0 aromatic heterocycles. The molecule has 0 N–H and O–H groups in total. The molecule has 2 heterocycles. The summed E-state index contributed by atoms with van der Waals surface area (Å²) in [6.45, 7) is 6.01. The smallest absolute Gasteiger partial charge is 0.254 e. The Kier molecular flexibility index (Phi) is 7.59. The number of hydrogen-bond acceptors (Lipinski definition) is 7. The first kappa shape index (κ1) is 25.6. The summed E-state index contributed by atoms with van der Waals surface area (Å²) in [7, 11) is 7.96. The minimum Gasteiger partial charge on any atom is -0.493 e. The van der Waals surface area contributed by atoms with Crippen molar-refractivity contribution in [2.45, 2.75) is 18.9 Å². The minimum absolute atomic E-state index is 0.0154. The van der Waals surface area contributed by atoms with Gasteiger partial charge in [-0.3, -0.25) is 9.59 Å². The van der Waals surface area contributed by atoms with E-state index in [2.05, 4.69) is 11.8 Å². The zero-order chi connectivity index (χ0) is 26.0. The van der Waals surface area contributed by atoms with Crippen LogP contribution < -0.4 is 18.9 Å². The normalized spacial score (nSPS) is 20.1. The third-order valence-corrected chi connectivity index (χ3v) is 7.32. The second-order valence-electron chi connectivity index (χ2n) is 9.01. The summed E-state index contributed by atoms with van der Waals surface area (Å²) >= 11 is 0. The second-order valence-corrected chi connectivity index (χ2v) is 9.01. The van der Waals surface area contributed by atoms with E-state index in [1.54, 1.807) is 51.5 Å². The molecule has 0 radical (unpaired) electrons. The minimum atomic E-state index is -0.631. The molecular weight excluding hydrogens is 462 g/mol. The lowest BCUT2D eigenvalue weighted by Gasteiger charge is -2.43. The van der Waals surface area contributed by atoms with Crippen molar-refractivity contribution >= 4 is 11.8 Å². The zero-order valence-corrected chi connectivity index (χ0v) is 21.9. The first-order chi connectivity index (χ1) is 17.4. The lowest BCUT2D eigenvalue weighted by molar-refractivity contribution is -0.136. The highest BCUT2D eigenvalue weighted by Crippen LogP contribution is 2.47. The lowest BCUT2D eigenvalue weighted by Crippen LogP contribution is -2.52. The molecule has 0 spiro atoms. The van der Waals surface area contributed by atoms with Gasteiger partial charge in [0.05, 0.1) is 40.4 Å². The Labute approximate surface area is 212 Å². The predicted molar refractivity (Wildman–Crippen MR) is 135 cm³/mol. The van der Waals surface area contributed by atoms with Crippen LogP contribution in [0.1, 0.15) is 40.4 Å². The highest BCUT2D eigenvalue weighted by molar-refractivity contribution is 6.02. The maximum atomic E-state index is 14.2. The molecule has 2 aromatic carbocycles. The molecule has 0 saturated carbocycles. The number of hydrogen-bond donors (Lipinski definition) is 0.